The van der Waals surface area contributed by atoms with E-state index in [9.17, 15) is 9.59 Å². The second-order valence-corrected chi connectivity index (χ2v) is 5.66. The average molecular weight is 342 g/mol. The quantitative estimate of drug-likeness (QED) is 0.844. The zero-order valence-corrected chi connectivity index (χ0v) is 14.8. The summed E-state index contributed by atoms with van der Waals surface area (Å²) >= 11 is 0. The van der Waals surface area contributed by atoms with E-state index >= 15 is 0 Å². The van der Waals surface area contributed by atoms with Gasteiger partial charge < -0.3 is 20.1 Å². The van der Waals surface area contributed by atoms with Crippen LogP contribution in [0.2, 0.25) is 0 Å². The number of ether oxygens (including phenoxy) is 2. The van der Waals surface area contributed by atoms with Crippen molar-refractivity contribution < 1.29 is 19.1 Å². The van der Waals surface area contributed by atoms with Crippen molar-refractivity contribution in [2.24, 2.45) is 0 Å². The van der Waals surface area contributed by atoms with Crippen molar-refractivity contribution in [1.82, 2.24) is 0 Å². The molecule has 2 N–H and O–H groups in total. The number of benzene rings is 2. The third-order valence-corrected chi connectivity index (χ3v) is 3.47. The summed E-state index contributed by atoms with van der Waals surface area (Å²) in [7, 11) is 1.55. The zero-order valence-electron chi connectivity index (χ0n) is 14.8. The molecule has 0 aromatic heterocycles. The van der Waals surface area contributed by atoms with Gasteiger partial charge in [-0.1, -0.05) is 6.07 Å². The Kier molecular flexibility index (Phi) is 6.00. The van der Waals surface area contributed by atoms with Gasteiger partial charge in [0.25, 0.3) is 5.91 Å². The molecule has 0 saturated heterocycles. The lowest BCUT2D eigenvalue weighted by atomic mass is 10.2. The number of aryl methyl sites for hydroxylation is 1. The van der Waals surface area contributed by atoms with Crippen LogP contribution in [-0.2, 0) is 9.59 Å². The van der Waals surface area contributed by atoms with Crippen LogP contribution in [0.5, 0.6) is 11.5 Å². The topological polar surface area (TPSA) is 76.7 Å². The number of rotatable bonds is 6. The molecule has 2 rings (SSSR count). The molecule has 0 aliphatic carbocycles. The normalized spacial score (nSPS) is 11.4. The first-order valence-corrected chi connectivity index (χ1v) is 7.89. The van der Waals surface area contributed by atoms with Gasteiger partial charge in [0.1, 0.15) is 11.5 Å². The highest BCUT2D eigenvalue weighted by Crippen LogP contribution is 2.25. The summed E-state index contributed by atoms with van der Waals surface area (Å²) in [4.78, 5) is 23.4. The van der Waals surface area contributed by atoms with Gasteiger partial charge in [0, 0.05) is 12.6 Å². The number of hydrogen-bond acceptors (Lipinski definition) is 4. The van der Waals surface area contributed by atoms with E-state index in [0.717, 1.165) is 5.56 Å². The molecule has 0 spiro atoms. The maximum atomic E-state index is 12.4. The predicted molar refractivity (Wildman–Crippen MR) is 97.2 cm³/mol. The van der Waals surface area contributed by atoms with Crippen molar-refractivity contribution in [2.75, 3.05) is 17.7 Å². The van der Waals surface area contributed by atoms with Crippen LogP contribution in [0, 0.1) is 6.92 Å². The minimum absolute atomic E-state index is 0.145. The molecule has 0 unspecified atom stereocenters. The average Bonchev–Trinajstić information content (AvgIpc) is 2.56. The van der Waals surface area contributed by atoms with E-state index in [1.807, 2.05) is 19.1 Å². The molecule has 0 saturated carbocycles. The Hall–Kier alpha value is -3.02. The molecular weight excluding hydrogens is 320 g/mol. The molecule has 0 heterocycles. The molecule has 6 nitrogen and oxygen atoms in total. The van der Waals surface area contributed by atoms with Gasteiger partial charge in [0.05, 0.1) is 12.8 Å². The van der Waals surface area contributed by atoms with Crippen molar-refractivity contribution in [3.05, 3.63) is 48.0 Å². The van der Waals surface area contributed by atoms with Gasteiger partial charge in [-0.25, -0.2) is 0 Å². The fraction of sp³-hybridized carbons (Fsp3) is 0.263. The van der Waals surface area contributed by atoms with Crippen molar-refractivity contribution in [3.63, 3.8) is 0 Å². The molecule has 0 radical (unpaired) electrons. The molecular formula is C19H22N2O4. The largest absolute Gasteiger partial charge is 0.495 e. The summed E-state index contributed by atoms with van der Waals surface area (Å²) in [6.45, 7) is 5.04. The predicted octanol–water partition coefficient (Wildman–Crippen LogP) is 3.37. The lowest BCUT2D eigenvalue weighted by molar-refractivity contribution is -0.122. The van der Waals surface area contributed by atoms with Crippen LogP contribution in [0.25, 0.3) is 0 Å². The fourth-order valence-corrected chi connectivity index (χ4v) is 2.23. The first kappa shape index (κ1) is 18.3. The summed E-state index contributed by atoms with van der Waals surface area (Å²) in [5.74, 6) is 0.696. The number of carbonyl (C=O) groups is 2. The number of carbonyl (C=O) groups excluding carboxylic acids is 2. The Morgan fingerprint density at radius 2 is 1.72 bits per heavy atom. The van der Waals surface area contributed by atoms with Gasteiger partial charge in [-0.3, -0.25) is 9.59 Å². The minimum Gasteiger partial charge on any atom is -0.495 e. The molecule has 2 aromatic rings. The molecule has 25 heavy (non-hydrogen) atoms. The highest BCUT2D eigenvalue weighted by Gasteiger charge is 2.17. The third kappa shape index (κ3) is 5.24. The van der Waals surface area contributed by atoms with E-state index in [4.69, 9.17) is 9.47 Å². The van der Waals surface area contributed by atoms with E-state index in [1.54, 1.807) is 44.4 Å². The lowest BCUT2D eigenvalue weighted by Crippen LogP contribution is -2.30. The van der Waals surface area contributed by atoms with Gasteiger partial charge in [0.2, 0.25) is 5.91 Å². The molecule has 0 aliphatic rings. The Labute approximate surface area is 147 Å². The van der Waals surface area contributed by atoms with Gasteiger partial charge in [-0.2, -0.15) is 0 Å². The van der Waals surface area contributed by atoms with Crippen LogP contribution in [0.1, 0.15) is 19.4 Å². The Morgan fingerprint density at radius 1 is 1.04 bits per heavy atom. The van der Waals surface area contributed by atoms with Crippen molar-refractivity contribution in [1.29, 1.82) is 0 Å². The van der Waals surface area contributed by atoms with Crippen LogP contribution in [-0.4, -0.2) is 25.0 Å². The van der Waals surface area contributed by atoms with Crippen LogP contribution in [0.15, 0.2) is 42.5 Å². The van der Waals surface area contributed by atoms with Gasteiger partial charge in [-0.15, -0.1) is 0 Å². The van der Waals surface area contributed by atoms with Crippen LogP contribution >= 0.6 is 0 Å². The Morgan fingerprint density at radius 3 is 2.32 bits per heavy atom. The number of nitrogens with one attached hydrogen (secondary N) is 2. The van der Waals surface area contributed by atoms with Crippen molar-refractivity contribution >= 4 is 23.2 Å². The zero-order chi connectivity index (χ0) is 18.4. The number of methoxy groups -OCH3 is 1. The van der Waals surface area contributed by atoms with Gasteiger partial charge in [0.15, 0.2) is 6.10 Å². The summed E-state index contributed by atoms with van der Waals surface area (Å²) < 4.78 is 10.9. The van der Waals surface area contributed by atoms with Crippen LogP contribution < -0.4 is 20.1 Å². The van der Waals surface area contributed by atoms with Gasteiger partial charge in [-0.05, 0) is 55.8 Å². The first-order chi connectivity index (χ1) is 11.9. The van der Waals surface area contributed by atoms with Crippen LogP contribution in [0.4, 0.5) is 11.4 Å². The number of amides is 2. The SMILES string of the molecule is COc1ccc(C)cc1NC(=O)[C@@H](C)Oc1ccc(NC(C)=O)cc1. The highest BCUT2D eigenvalue weighted by atomic mass is 16.5. The molecule has 132 valence electrons. The van der Waals surface area contributed by atoms with E-state index < -0.39 is 6.10 Å². The summed E-state index contributed by atoms with van der Waals surface area (Å²) in [5, 5.41) is 5.48. The molecule has 6 heteroatoms. The second-order valence-electron chi connectivity index (χ2n) is 5.66. The maximum Gasteiger partial charge on any atom is 0.265 e. The van der Waals surface area contributed by atoms with Crippen molar-refractivity contribution in [3.8, 4) is 11.5 Å². The van der Waals surface area contributed by atoms with Crippen molar-refractivity contribution in [2.45, 2.75) is 26.9 Å². The lowest BCUT2D eigenvalue weighted by Gasteiger charge is -2.16. The molecule has 2 amide bonds. The van der Waals surface area contributed by atoms with Gasteiger partial charge >= 0.3 is 0 Å². The second kappa shape index (κ2) is 8.19. The maximum absolute atomic E-state index is 12.4. The fourth-order valence-electron chi connectivity index (χ4n) is 2.23. The molecule has 2 aromatic carbocycles. The summed E-state index contributed by atoms with van der Waals surface area (Å²) in [5.41, 5.74) is 2.28. The van der Waals surface area contributed by atoms with E-state index in [-0.39, 0.29) is 11.8 Å². The first-order valence-electron chi connectivity index (χ1n) is 7.89. The third-order valence-electron chi connectivity index (χ3n) is 3.47. The van der Waals surface area contributed by atoms with Crippen LogP contribution in [0.3, 0.4) is 0 Å². The molecule has 1 atom stereocenters. The minimum atomic E-state index is -0.697. The number of hydrogen-bond donors (Lipinski definition) is 2. The van der Waals surface area contributed by atoms with E-state index in [1.165, 1.54) is 6.92 Å². The number of anilines is 2. The molecule has 0 fully saturated rings. The standard InChI is InChI=1S/C19H22N2O4/c1-12-5-10-18(24-4)17(11-12)21-19(23)13(2)25-16-8-6-15(7-9-16)20-14(3)22/h5-11,13H,1-4H3,(H,20,22)(H,21,23)/t13-/m1/s1. The molecule has 0 bridgehead atoms. The summed E-state index contributed by atoms with van der Waals surface area (Å²) in [6.07, 6.45) is -0.697. The monoisotopic (exact) mass is 342 g/mol. The van der Waals surface area contributed by atoms with E-state index in [0.29, 0.717) is 22.9 Å². The van der Waals surface area contributed by atoms with E-state index in [2.05, 4.69) is 10.6 Å². The Bertz CT molecular complexity index is 757. The highest BCUT2D eigenvalue weighted by molar-refractivity contribution is 5.95. The Balaban J connectivity index is 2.00. The molecule has 0 aliphatic heterocycles. The summed E-state index contributed by atoms with van der Waals surface area (Å²) in [6, 6.07) is 12.4. The smallest absolute Gasteiger partial charge is 0.265 e.